The number of ether oxygens (including phenoxy) is 2. The zero-order valence-electron chi connectivity index (χ0n) is 8.19. The lowest BCUT2D eigenvalue weighted by Crippen LogP contribution is -2.22. The van der Waals surface area contributed by atoms with E-state index in [4.69, 9.17) is 4.74 Å². The van der Waals surface area contributed by atoms with Gasteiger partial charge in [0.2, 0.25) is 0 Å². The molecule has 14 heavy (non-hydrogen) atoms. The summed E-state index contributed by atoms with van der Waals surface area (Å²) in [6, 6.07) is 0. The van der Waals surface area contributed by atoms with Crippen LogP contribution in [0.5, 0.6) is 0 Å². The molecule has 0 aromatic rings. The summed E-state index contributed by atoms with van der Waals surface area (Å²) in [5, 5.41) is 0. The van der Waals surface area contributed by atoms with Gasteiger partial charge in [-0.3, -0.25) is 4.79 Å². The Morgan fingerprint density at radius 2 is 2.07 bits per heavy atom. The van der Waals surface area contributed by atoms with Crippen LogP contribution in [0.1, 0.15) is 25.7 Å². The van der Waals surface area contributed by atoms with Crippen molar-refractivity contribution in [1.82, 2.24) is 0 Å². The summed E-state index contributed by atoms with van der Waals surface area (Å²) in [5.74, 6) is 0.417. The maximum absolute atomic E-state index is 11.1. The SMILES string of the molecule is COC(=O)C1OC1C1CCC(=O)CC1. The van der Waals surface area contributed by atoms with E-state index in [-0.39, 0.29) is 18.2 Å². The second-order valence-corrected chi connectivity index (χ2v) is 3.92. The molecule has 2 unspecified atom stereocenters. The van der Waals surface area contributed by atoms with E-state index in [9.17, 15) is 9.59 Å². The fraction of sp³-hybridized carbons (Fsp3) is 0.800. The molecule has 1 aliphatic carbocycles. The Bertz CT molecular complexity index is 251. The first-order valence-electron chi connectivity index (χ1n) is 4.97. The van der Waals surface area contributed by atoms with E-state index < -0.39 is 0 Å². The van der Waals surface area contributed by atoms with Crippen LogP contribution in [0.4, 0.5) is 0 Å². The number of epoxide rings is 1. The van der Waals surface area contributed by atoms with Crippen LogP contribution in [-0.4, -0.2) is 31.1 Å². The van der Waals surface area contributed by atoms with Crippen LogP contribution >= 0.6 is 0 Å². The Labute approximate surface area is 82.6 Å². The minimum Gasteiger partial charge on any atom is -0.467 e. The first-order chi connectivity index (χ1) is 6.72. The minimum absolute atomic E-state index is 0.00977. The monoisotopic (exact) mass is 198 g/mol. The van der Waals surface area contributed by atoms with Crippen LogP contribution < -0.4 is 0 Å². The minimum atomic E-state index is -0.363. The van der Waals surface area contributed by atoms with Gasteiger partial charge in [0.25, 0.3) is 0 Å². The third kappa shape index (κ3) is 1.80. The number of hydrogen-bond donors (Lipinski definition) is 0. The fourth-order valence-electron chi connectivity index (χ4n) is 2.08. The van der Waals surface area contributed by atoms with Crippen LogP contribution in [0.15, 0.2) is 0 Å². The fourth-order valence-corrected chi connectivity index (χ4v) is 2.08. The van der Waals surface area contributed by atoms with Gasteiger partial charge in [-0.1, -0.05) is 0 Å². The standard InChI is InChI=1S/C10H14O4/c1-13-10(12)9-8(14-9)6-2-4-7(11)5-3-6/h6,8-9H,2-5H2,1H3. The highest BCUT2D eigenvalue weighted by atomic mass is 16.6. The lowest BCUT2D eigenvalue weighted by molar-refractivity contribution is -0.142. The predicted octanol–water partition coefficient (Wildman–Crippen LogP) is 0.686. The smallest absolute Gasteiger partial charge is 0.337 e. The zero-order valence-corrected chi connectivity index (χ0v) is 8.19. The van der Waals surface area contributed by atoms with Gasteiger partial charge in [-0.15, -0.1) is 0 Å². The largest absolute Gasteiger partial charge is 0.467 e. The van der Waals surface area contributed by atoms with E-state index in [1.807, 2.05) is 0 Å². The molecule has 1 heterocycles. The number of carbonyl (C=O) groups excluding carboxylic acids is 2. The zero-order chi connectivity index (χ0) is 10.1. The Balaban J connectivity index is 1.82. The average Bonchev–Trinajstić information content (AvgIpc) is 2.98. The van der Waals surface area contributed by atoms with Crippen molar-refractivity contribution in [2.75, 3.05) is 7.11 Å². The molecule has 4 heteroatoms. The van der Waals surface area contributed by atoms with E-state index in [1.54, 1.807) is 0 Å². The summed E-state index contributed by atoms with van der Waals surface area (Å²) in [6.07, 6.45) is 2.64. The van der Waals surface area contributed by atoms with Gasteiger partial charge in [-0.2, -0.15) is 0 Å². The molecule has 78 valence electrons. The molecule has 0 aromatic carbocycles. The van der Waals surface area contributed by atoms with Gasteiger partial charge in [0.05, 0.1) is 13.2 Å². The van der Waals surface area contributed by atoms with Gasteiger partial charge in [0.15, 0.2) is 6.10 Å². The quantitative estimate of drug-likeness (QED) is 0.483. The molecule has 0 spiro atoms. The molecule has 0 amide bonds. The van der Waals surface area contributed by atoms with Gasteiger partial charge in [-0.25, -0.2) is 4.79 Å². The number of methoxy groups -OCH3 is 1. The Hall–Kier alpha value is -0.900. The van der Waals surface area contributed by atoms with Crippen LogP contribution in [0.3, 0.4) is 0 Å². The predicted molar refractivity (Wildman–Crippen MR) is 47.6 cm³/mol. The molecule has 2 aliphatic rings. The Kier molecular flexibility index (Phi) is 2.54. The number of esters is 1. The van der Waals surface area contributed by atoms with E-state index in [0.717, 1.165) is 12.8 Å². The Morgan fingerprint density at radius 1 is 1.43 bits per heavy atom. The van der Waals surface area contributed by atoms with Crippen molar-refractivity contribution < 1.29 is 19.1 Å². The summed E-state index contributed by atoms with van der Waals surface area (Å²) >= 11 is 0. The van der Waals surface area contributed by atoms with E-state index >= 15 is 0 Å². The van der Waals surface area contributed by atoms with Gasteiger partial charge in [0, 0.05) is 12.8 Å². The molecule has 1 aliphatic heterocycles. The molecule has 1 saturated carbocycles. The normalized spacial score (nSPS) is 32.8. The molecule has 2 fully saturated rings. The number of Topliss-reactive ketones (excluding diaryl/α,β-unsaturated/α-hetero) is 1. The van der Waals surface area contributed by atoms with Gasteiger partial charge in [-0.05, 0) is 18.8 Å². The molecule has 0 aromatic heterocycles. The summed E-state index contributed by atoms with van der Waals surface area (Å²) < 4.78 is 9.84. The molecular formula is C10H14O4. The average molecular weight is 198 g/mol. The van der Waals surface area contributed by atoms with Crippen LogP contribution in [-0.2, 0) is 19.1 Å². The van der Waals surface area contributed by atoms with Gasteiger partial charge in [0.1, 0.15) is 5.78 Å². The van der Waals surface area contributed by atoms with E-state index in [1.165, 1.54) is 7.11 Å². The molecule has 2 rings (SSSR count). The van der Waals surface area contributed by atoms with Gasteiger partial charge >= 0.3 is 5.97 Å². The summed E-state index contributed by atoms with van der Waals surface area (Å²) in [4.78, 5) is 22.1. The van der Waals surface area contributed by atoms with Crippen molar-refractivity contribution in [1.29, 1.82) is 0 Å². The molecular weight excluding hydrogens is 184 g/mol. The summed E-state index contributed by atoms with van der Waals surface area (Å²) in [7, 11) is 1.37. The second-order valence-electron chi connectivity index (χ2n) is 3.92. The Morgan fingerprint density at radius 3 is 2.64 bits per heavy atom. The highest BCUT2D eigenvalue weighted by molar-refractivity contribution is 5.80. The first-order valence-corrected chi connectivity index (χ1v) is 4.97. The van der Waals surface area contributed by atoms with Crippen LogP contribution in [0.25, 0.3) is 0 Å². The van der Waals surface area contributed by atoms with Crippen LogP contribution in [0.2, 0.25) is 0 Å². The maximum Gasteiger partial charge on any atom is 0.337 e. The lowest BCUT2D eigenvalue weighted by Gasteiger charge is -2.18. The first kappa shape index (κ1) is 9.65. The topological polar surface area (TPSA) is 55.9 Å². The highest BCUT2D eigenvalue weighted by Crippen LogP contribution is 2.37. The molecule has 0 bridgehead atoms. The summed E-state index contributed by atoms with van der Waals surface area (Å²) in [5.41, 5.74) is 0. The van der Waals surface area contributed by atoms with Crippen LogP contribution in [0, 0.1) is 5.92 Å². The van der Waals surface area contributed by atoms with Gasteiger partial charge < -0.3 is 9.47 Å². The highest BCUT2D eigenvalue weighted by Gasteiger charge is 2.50. The molecule has 4 nitrogen and oxygen atoms in total. The number of hydrogen-bond acceptors (Lipinski definition) is 4. The van der Waals surface area contributed by atoms with Crippen molar-refractivity contribution in [2.24, 2.45) is 5.92 Å². The van der Waals surface area contributed by atoms with Crippen molar-refractivity contribution in [2.45, 2.75) is 37.9 Å². The van der Waals surface area contributed by atoms with Crippen molar-refractivity contribution in [3.8, 4) is 0 Å². The molecule has 0 radical (unpaired) electrons. The third-order valence-electron chi connectivity index (χ3n) is 3.01. The maximum atomic E-state index is 11.1. The van der Waals surface area contributed by atoms with Crippen molar-refractivity contribution in [3.05, 3.63) is 0 Å². The lowest BCUT2D eigenvalue weighted by atomic mass is 9.85. The van der Waals surface area contributed by atoms with Crippen molar-refractivity contribution >= 4 is 11.8 Å². The van der Waals surface area contributed by atoms with Crippen molar-refractivity contribution in [3.63, 3.8) is 0 Å². The number of ketones is 1. The number of rotatable bonds is 2. The molecule has 2 atom stereocenters. The van der Waals surface area contributed by atoms with E-state index in [0.29, 0.717) is 24.5 Å². The third-order valence-corrected chi connectivity index (χ3v) is 3.01. The second kappa shape index (κ2) is 3.69. The van der Waals surface area contributed by atoms with E-state index in [2.05, 4.69) is 4.74 Å². The molecule has 1 saturated heterocycles. The number of carbonyl (C=O) groups is 2. The molecule has 0 N–H and O–H groups in total. The summed E-state index contributed by atoms with van der Waals surface area (Å²) in [6.45, 7) is 0.